The second-order valence-electron chi connectivity index (χ2n) is 6.60. The Morgan fingerprint density at radius 2 is 1.67 bits per heavy atom. The number of nitrogens with zero attached hydrogens (tertiary/aromatic N) is 3. The van der Waals surface area contributed by atoms with Gasteiger partial charge in [-0.3, -0.25) is 4.79 Å². The van der Waals surface area contributed by atoms with Crippen LogP contribution in [0.2, 0.25) is 0 Å². The zero-order valence-electron chi connectivity index (χ0n) is 15.3. The van der Waals surface area contributed by atoms with Crippen LogP contribution in [0.1, 0.15) is 10.4 Å². The van der Waals surface area contributed by atoms with Crippen LogP contribution in [0.5, 0.6) is 0 Å². The summed E-state index contributed by atoms with van der Waals surface area (Å²) in [6.45, 7) is 1.32. The number of hydrogen-bond donors (Lipinski definition) is 0. The van der Waals surface area contributed by atoms with Gasteiger partial charge in [0.05, 0.1) is 4.90 Å². The molecule has 0 bridgehead atoms. The molecule has 3 rings (SSSR count). The number of amides is 1. The molecule has 6 nitrogen and oxygen atoms in total. The smallest absolute Gasteiger partial charge is 0.254 e. The average Bonchev–Trinajstić information content (AvgIpc) is 2.67. The maximum Gasteiger partial charge on any atom is 0.254 e. The highest BCUT2D eigenvalue weighted by Crippen LogP contribution is 2.22. The van der Waals surface area contributed by atoms with Gasteiger partial charge < -0.3 is 9.80 Å². The molecule has 1 heterocycles. The zero-order valence-corrected chi connectivity index (χ0v) is 17.7. The molecule has 27 heavy (non-hydrogen) atoms. The number of anilines is 1. The van der Waals surface area contributed by atoms with E-state index in [1.165, 1.54) is 4.31 Å². The number of halogens is 1. The monoisotopic (exact) mass is 451 g/mol. The number of benzene rings is 2. The van der Waals surface area contributed by atoms with Crippen LogP contribution in [0.25, 0.3) is 0 Å². The molecule has 1 aliphatic heterocycles. The Bertz CT molecular complexity index is 939. The molecule has 0 saturated carbocycles. The maximum absolute atomic E-state index is 12.8. The summed E-state index contributed by atoms with van der Waals surface area (Å²) in [6, 6.07) is 14.1. The lowest BCUT2D eigenvalue weighted by Gasteiger charge is -2.34. The van der Waals surface area contributed by atoms with E-state index in [1.54, 1.807) is 35.2 Å². The summed E-state index contributed by atoms with van der Waals surface area (Å²) in [5, 5.41) is 0. The highest BCUT2D eigenvalue weighted by Gasteiger charge is 2.30. The molecule has 0 aromatic heterocycles. The Balaban J connectivity index is 1.70. The third kappa shape index (κ3) is 4.34. The summed E-state index contributed by atoms with van der Waals surface area (Å²) >= 11 is 3.31. The number of carbonyl (C=O) groups excluding carboxylic acids is 1. The summed E-state index contributed by atoms with van der Waals surface area (Å²) in [7, 11) is 0.294. The highest BCUT2D eigenvalue weighted by molar-refractivity contribution is 9.10. The molecule has 0 unspecified atom stereocenters. The number of hydrogen-bond acceptors (Lipinski definition) is 4. The van der Waals surface area contributed by atoms with Crippen molar-refractivity contribution in [1.29, 1.82) is 0 Å². The minimum absolute atomic E-state index is 0.0711. The van der Waals surface area contributed by atoms with Crippen molar-refractivity contribution < 1.29 is 13.2 Å². The normalized spacial score (nSPS) is 15.6. The van der Waals surface area contributed by atoms with E-state index >= 15 is 0 Å². The van der Waals surface area contributed by atoms with Crippen molar-refractivity contribution in [3.8, 4) is 0 Å². The molecular weight excluding hydrogens is 430 g/mol. The average molecular weight is 452 g/mol. The Kier molecular flexibility index (Phi) is 5.88. The summed E-state index contributed by atoms with van der Waals surface area (Å²) in [4.78, 5) is 16.7. The molecule has 0 N–H and O–H groups in total. The molecule has 1 amide bonds. The lowest BCUT2D eigenvalue weighted by molar-refractivity contribution is 0.0698. The van der Waals surface area contributed by atoms with Gasteiger partial charge in [-0.15, -0.1) is 0 Å². The Morgan fingerprint density at radius 3 is 2.30 bits per heavy atom. The van der Waals surface area contributed by atoms with E-state index in [1.807, 2.05) is 37.2 Å². The predicted octanol–water partition coefficient (Wildman–Crippen LogP) is 2.66. The van der Waals surface area contributed by atoms with Crippen LogP contribution in [0.4, 0.5) is 5.69 Å². The fraction of sp³-hybridized carbons (Fsp3) is 0.316. The van der Waals surface area contributed by atoms with Crippen LogP contribution in [0.15, 0.2) is 57.9 Å². The molecular formula is C19H22BrN3O3S. The minimum Gasteiger partial charge on any atom is -0.378 e. The first-order valence-corrected chi connectivity index (χ1v) is 10.8. The van der Waals surface area contributed by atoms with Crippen molar-refractivity contribution in [2.24, 2.45) is 0 Å². The molecule has 0 radical (unpaired) electrons. The quantitative estimate of drug-likeness (QED) is 0.716. The summed E-state index contributed by atoms with van der Waals surface area (Å²) in [6.07, 6.45) is 0. The van der Waals surface area contributed by atoms with Gasteiger partial charge in [-0.1, -0.05) is 28.1 Å². The molecule has 144 valence electrons. The van der Waals surface area contributed by atoms with E-state index in [9.17, 15) is 13.2 Å². The first-order chi connectivity index (χ1) is 12.8. The van der Waals surface area contributed by atoms with Gasteiger partial charge in [-0.2, -0.15) is 4.31 Å². The van der Waals surface area contributed by atoms with Gasteiger partial charge in [0.2, 0.25) is 10.0 Å². The van der Waals surface area contributed by atoms with Crippen molar-refractivity contribution >= 4 is 37.5 Å². The second-order valence-corrected chi connectivity index (χ2v) is 9.45. The highest BCUT2D eigenvalue weighted by atomic mass is 79.9. The SMILES string of the molecule is CN(C)c1cccc(C(=O)N2CCN(S(=O)(=O)c3cccc(Br)c3)CC2)c1. The van der Waals surface area contributed by atoms with Gasteiger partial charge in [0.15, 0.2) is 0 Å². The third-order valence-electron chi connectivity index (χ3n) is 4.57. The van der Waals surface area contributed by atoms with E-state index in [0.717, 1.165) is 10.2 Å². The number of carbonyl (C=O) groups is 1. The van der Waals surface area contributed by atoms with E-state index in [0.29, 0.717) is 18.7 Å². The molecule has 2 aromatic carbocycles. The van der Waals surface area contributed by atoms with Crippen molar-refractivity contribution in [3.63, 3.8) is 0 Å². The number of rotatable bonds is 4. The predicted molar refractivity (Wildman–Crippen MR) is 110 cm³/mol. The van der Waals surface area contributed by atoms with Crippen LogP contribution in [0.3, 0.4) is 0 Å². The van der Waals surface area contributed by atoms with Crippen LogP contribution < -0.4 is 4.90 Å². The fourth-order valence-electron chi connectivity index (χ4n) is 3.01. The molecule has 2 aromatic rings. The van der Waals surface area contributed by atoms with E-state index in [-0.39, 0.29) is 23.9 Å². The van der Waals surface area contributed by atoms with Crippen molar-refractivity contribution in [2.75, 3.05) is 45.2 Å². The minimum atomic E-state index is -3.56. The molecule has 1 aliphatic rings. The first-order valence-electron chi connectivity index (χ1n) is 8.61. The fourth-order valence-corrected chi connectivity index (χ4v) is 5.03. The van der Waals surface area contributed by atoms with Gasteiger partial charge in [-0.05, 0) is 36.4 Å². The largest absolute Gasteiger partial charge is 0.378 e. The van der Waals surface area contributed by atoms with Crippen LogP contribution >= 0.6 is 15.9 Å². The summed E-state index contributed by atoms with van der Waals surface area (Å²) < 4.78 is 27.8. The van der Waals surface area contributed by atoms with Gasteiger partial charge >= 0.3 is 0 Å². The third-order valence-corrected chi connectivity index (χ3v) is 6.96. The lowest BCUT2D eigenvalue weighted by Crippen LogP contribution is -2.50. The molecule has 0 spiro atoms. The van der Waals surface area contributed by atoms with E-state index < -0.39 is 10.0 Å². The van der Waals surface area contributed by atoms with Gasteiger partial charge in [0.25, 0.3) is 5.91 Å². The van der Waals surface area contributed by atoms with E-state index in [4.69, 9.17) is 0 Å². The number of piperazine rings is 1. The molecule has 8 heteroatoms. The summed E-state index contributed by atoms with van der Waals surface area (Å²) in [5.74, 6) is -0.0711. The Labute approximate surface area is 168 Å². The van der Waals surface area contributed by atoms with Crippen molar-refractivity contribution in [2.45, 2.75) is 4.90 Å². The van der Waals surface area contributed by atoms with Gasteiger partial charge in [0, 0.05) is 56.0 Å². The van der Waals surface area contributed by atoms with Gasteiger partial charge in [-0.25, -0.2) is 8.42 Å². The number of sulfonamides is 1. The van der Waals surface area contributed by atoms with Crippen LogP contribution in [-0.4, -0.2) is 63.8 Å². The van der Waals surface area contributed by atoms with Crippen molar-refractivity contribution in [3.05, 3.63) is 58.6 Å². The Morgan fingerprint density at radius 1 is 1.00 bits per heavy atom. The van der Waals surface area contributed by atoms with Crippen LogP contribution in [-0.2, 0) is 10.0 Å². The standard InChI is InChI=1S/C19H22BrN3O3S/c1-21(2)17-7-3-5-15(13-17)19(24)22-9-11-23(12-10-22)27(25,26)18-8-4-6-16(20)14-18/h3-8,13-14H,9-12H2,1-2H3. The molecule has 1 saturated heterocycles. The first kappa shape index (κ1) is 19.9. The van der Waals surface area contributed by atoms with Crippen LogP contribution in [0, 0.1) is 0 Å². The van der Waals surface area contributed by atoms with Gasteiger partial charge in [0.1, 0.15) is 0 Å². The molecule has 0 atom stereocenters. The summed E-state index contributed by atoms with van der Waals surface area (Å²) in [5.41, 5.74) is 1.57. The lowest BCUT2D eigenvalue weighted by atomic mass is 10.1. The topological polar surface area (TPSA) is 60.9 Å². The zero-order chi connectivity index (χ0) is 19.6. The van der Waals surface area contributed by atoms with Crippen molar-refractivity contribution in [1.82, 2.24) is 9.21 Å². The Hall–Kier alpha value is -1.90. The molecule has 0 aliphatic carbocycles. The molecule has 1 fully saturated rings. The second kappa shape index (κ2) is 8.00. The maximum atomic E-state index is 12.8. The van der Waals surface area contributed by atoms with E-state index in [2.05, 4.69) is 15.9 Å².